The Morgan fingerprint density at radius 2 is 2.25 bits per heavy atom. The average Bonchev–Trinajstić information content (AvgIpc) is 3.29. The minimum absolute atomic E-state index is 0.257. The number of aliphatic imine (C=N–C) groups is 1. The van der Waals surface area contributed by atoms with Crippen LogP contribution in [-0.4, -0.2) is 59.0 Å². The minimum Gasteiger partial charge on any atom is -0.396 e. The van der Waals surface area contributed by atoms with Crippen LogP contribution in [0, 0.1) is 5.41 Å². The molecule has 1 aromatic heterocycles. The third-order valence-electron chi connectivity index (χ3n) is 5.82. The second-order valence-electron chi connectivity index (χ2n) is 7.46. The topological polar surface area (TPSA) is 65.7 Å². The molecule has 1 aliphatic carbocycles. The molecule has 1 aromatic rings. The lowest BCUT2D eigenvalue weighted by Gasteiger charge is -2.31. The van der Waals surface area contributed by atoms with Crippen molar-refractivity contribution in [2.45, 2.75) is 44.4 Å². The van der Waals surface area contributed by atoms with Crippen molar-refractivity contribution >= 4 is 5.96 Å². The van der Waals surface area contributed by atoms with Gasteiger partial charge in [-0.2, -0.15) is 5.10 Å². The summed E-state index contributed by atoms with van der Waals surface area (Å²) < 4.78 is 1.88. The predicted molar refractivity (Wildman–Crippen MR) is 96.1 cm³/mol. The van der Waals surface area contributed by atoms with E-state index in [2.05, 4.69) is 26.5 Å². The molecule has 2 N–H and O–H groups in total. The highest BCUT2D eigenvalue weighted by Gasteiger charge is 2.34. The lowest BCUT2D eigenvalue weighted by Crippen LogP contribution is -2.44. The third-order valence-corrected chi connectivity index (χ3v) is 5.82. The van der Waals surface area contributed by atoms with Crippen molar-refractivity contribution in [3.63, 3.8) is 0 Å². The van der Waals surface area contributed by atoms with Crippen molar-refractivity contribution in [3.05, 3.63) is 18.0 Å². The minimum atomic E-state index is 0.257. The van der Waals surface area contributed by atoms with Gasteiger partial charge in [0.05, 0.1) is 6.20 Å². The van der Waals surface area contributed by atoms with E-state index in [1.54, 1.807) is 0 Å². The maximum Gasteiger partial charge on any atom is 0.193 e. The first-order valence-electron chi connectivity index (χ1n) is 9.21. The molecule has 0 spiro atoms. The van der Waals surface area contributed by atoms with Crippen LogP contribution in [0.25, 0.3) is 0 Å². The van der Waals surface area contributed by atoms with Crippen LogP contribution >= 0.6 is 0 Å². The maximum atomic E-state index is 9.41. The third kappa shape index (κ3) is 3.74. The summed E-state index contributed by atoms with van der Waals surface area (Å²) in [5.74, 6) is 1.54. The molecule has 24 heavy (non-hydrogen) atoms. The highest BCUT2D eigenvalue weighted by Crippen LogP contribution is 2.40. The summed E-state index contributed by atoms with van der Waals surface area (Å²) in [5.41, 5.74) is 1.58. The standard InChI is InChI=1S/C18H31N5O/c1-19-17(20-14-18(8-10-24)6-3-4-7-18)23-9-5-15(13-23)16-11-21-22(2)12-16/h11-12,15,24H,3-10,13-14H2,1-2H3,(H,19,20). The Hall–Kier alpha value is -1.56. The zero-order valence-electron chi connectivity index (χ0n) is 15.0. The van der Waals surface area contributed by atoms with Crippen LogP contribution < -0.4 is 5.32 Å². The normalized spacial score (nSPS) is 23.9. The van der Waals surface area contributed by atoms with Crippen LogP contribution in [0.2, 0.25) is 0 Å². The van der Waals surface area contributed by atoms with Gasteiger partial charge in [-0.1, -0.05) is 12.8 Å². The van der Waals surface area contributed by atoms with Crippen molar-refractivity contribution in [3.8, 4) is 0 Å². The Bertz CT molecular complexity index is 562. The fraction of sp³-hybridized carbons (Fsp3) is 0.778. The molecule has 0 bridgehead atoms. The fourth-order valence-electron chi connectivity index (χ4n) is 4.35. The van der Waals surface area contributed by atoms with Gasteiger partial charge in [-0.15, -0.1) is 0 Å². The fourth-order valence-corrected chi connectivity index (χ4v) is 4.35. The van der Waals surface area contributed by atoms with Gasteiger partial charge in [0.2, 0.25) is 0 Å². The molecule has 2 heterocycles. The molecule has 6 nitrogen and oxygen atoms in total. The summed E-state index contributed by atoms with van der Waals surface area (Å²) in [6.45, 7) is 3.24. The van der Waals surface area contributed by atoms with Crippen LogP contribution in [0.4, 0.5) is 0 Å². The number of hydrogen-bond donors (Lipinski definition) is 2. The zero-order valence-corrected chi connectivity index (χ0v) is 15.0. The number of guanidine groups is 1. The molecule has 1 saturated heterocycles. The van der Waals surface area contributed by atoms with E-state index < -0.39 is 0 Å². The molecule has 1 saturated carbocycles. The molecule has 0 aromatic carbocycles. The molecule has 134 valence electrons. The number of aliphatic hydroxyl groups excluding tert-OH is 1. The molecule has 2 fully saturated rings. The van der Waals surface area contributed by atoms with Crippen LogP contribution in [0.3, 0.4) is 0 Å². The number of aryl methyl sites for hydroxylation is 1. The first kappa shape index (κ1) is 17.3. The molecule has 2 aliphatic rings. The smallest absolute Gasteiger partial charge is 0.193 e. The predicted octanol–water partition coefficient (Wildman–Crippen LogP) is 1.73. The summed E-state index contributed by atoms with van der Waals surface area (Å²) in [6.07, 6.45) is 11.2. The molecule has 0 radical (unpaired) electrons. The Labute approximate surface area is 145 Å². The average molecular weight is 333 g/mol. The number of aromatic nitrogens is 2. The number of rotatable bonds is 5. The van der Waals surface area contributed by atoms with Gasteiger partial charge in [-0.25, -0.2) is 0 Å². The number of hydrogen-bond acceptors (Lipinski definition) is 3. The first-order chi connectivity index (χ1) is 11.7. The van der Waals surface area contributed by atoms with Crippen molar-refractivity contribution in [2.24, 2.45) is 17.5 Å². The Kier molecular flexibility index (Phi) is 5.43. The van der Waals surface area contributed by atoms with Gasteiger partial charge >= 0.3 is 0 Å². The van der Waals surface area contributed by atoms with Crippen LogP contribution in [0.15, 0.2) is 17.4 Å². The van der Waals surface area contributed by atoms with E-state index in [1.807, 2.05) is 25.0 Å². The van der Waals surface area contributed by atoms with Crippen molar-refractivity contribution < 1.29 is 5.11 Å². The second kappa shape index (κ2) is 7.55. The lowest BCUT2D eigenvalue weighted by molar-refractivity contribution is 0.184. The summed E-state index contributed by atoms with van der Waals surface area (Å²) in [4.78, 5) is 6.86. The molecule has 0 amide bonds. The van der Waals surface area contributed by atoms with Crippen molar-refractivity contribution in [2.75, 3.05) is 33.3 Å². The quantitative estimate of drug-likeness (QED) is 0.636. The van der Waals surface area contributed by atoms with E-state index in [0.29, 0.717) is 5.92 Å². The summed E-state index contributed by atoms with van der Waals surface area (Å²) in [5, 5.41) is 17.3. The molecule has 1 atom stereocenters. The Morgan fingerprint density at radius 3 is 2.88 bits per heavy atom. The second-order valence-corrected chi connectivity index (χ2v) is 7.46. The monoisotopic (exact) mass is 333 g/mol. The SMILES string of the molecule is CN=C(NCC1(CCO)CCCC1)N1CCC(c2cnn(C)c2)C1. The summed E-state index contributed by atoms with van der Waals surface area (Å²) in [7, 11) is 3.84. The van der Waals surface area contributed by atoms with Crippen LogP contribution in [0.1, 0.15) is 50.0 Å². The number of likely N-dealkylation sites (tertiary alicyclic amines) is 1. The van der Waals surface area contributed by atoms with Gasteiger partial charge in [0.1, 0.15) is 0 Å². The van der Waals surface area contributed by atoms with Gasteiger partial charge in [0.25, 0.3) is 0 Å². The number of nitrogens with one attached hydrogen (secondary N) is 1. The molecule has 1 aliphatic heterocycles. The molecule has 1 unspecified atom stereocenters. The lowest BCUT2D eigenvalue weighted by atomic mass is 9.83. The van der Waals surface area contributed by atoms with Gasteiger partial charge < -0.3 is 15.3 Å². The first-order valence-corrected chi connectivity index (χ1v) is 9.21. The van der Waals surface area contributed by atoms with E-state index in [4.69, 9.17) is 0 Å². The largest absolute Gasteiger partial charge is 0.396 e. The van der Waals surface area contributed by atoms with Gasteiger partial charge in [0.15, 0.2) is 5.96 Å². The Balaban J connectivity index is 1.57. The molecule has 6 heteroatoms. The van der Waals surface area contributed by atoms with E-state index in [1.165, 1.54) is 31.2 Å². The van der Waals surface area contributed by atoms with E-state index in [-0.39, 0.29) is 12.0 Å². The van der Waals surface area contributed by atoms with Crippen molar-refractivity contribution in [1.29, 1.82) is 0 Å². The molecular weight excluding hydrogens is 302 g/mol. The summed E-state index contributed by atoms with van der Waals surface area (Å²) in [6, 6.07) is 0. The van der Waals surface area contributed by atoms with E-state index in [9.17, 15) is 5.11 Å². The van der Waals surface area contributed by atoms with Gasteiger partial charge in [-0.3, -0.25) is 9.67 Å². The molecular formula is C18H31N5O. The van der Waals surface area contributed by atoms with Gasteiger partial charge in [0, 0.05) is 52.5 Å². The number of nitrogens with zero attached hydrogens (tertiary/aromatic N) is 4. The van der Waals surface area contributed by atoms with Crippen molar-refractivity contribution in [1.82, 2.24) is 20.0 Å². The van der Waals surface area contributed by atoms with Crippen LogP contribution in [-0.2, 0) is 7.05 Å². The van der Waals surface area contributed by atoms with E-state index in [0.717, 1.165) is 38.4 Å². The summed E-state index contributed by atoms with van der Waals surface area (Å²) >= 11 is 0. The molecule has 3 rings (SSSR count). The highest BCUT2D eigenvalue weighted by molar-refractivity contribution is 5.80. The van der Waals surface area contributed by atoms with Gasteiger partial charge in [-0.05, 0) is 36.7 Å². The zero-order chi connectivity index (χ0) is 17.0. The van der Waals surface area contributed by atoms with Crippen LogP contribution in [0.5, 0.6) is 0 Å². The highest BCUT2D eigenvalue weighted by atomic mass is 16.3. The maximum absolute atomic E-state index is 9.41. The number of aliphatic hydroxyl groups is 1. The Morgan fingerprint density at radius 1 is 1.46 bits per heavy atom. The van der Waals surface area contributed by atoms with E-state index >= 15 is 0 Å².